The Morgan fingerprint density at radius 1 is 1.14 bits per heavy atom. The van der Waals surface area contributed by atoms with Crippen molar-refractivity contribution < 1.29 is 14.0 Å². The third-order valence-corrected chi connectivity index (χ3v) is 8.77. The largest absolute Gasteiger partial charge is 0.496 e. The van der Waals surface area contributed by atoms with Crippen molar-refractivity contribution in [2.75, 3.05) is 31.0 Å². The van der Waals surface area contributed by atoms with Crippen LogP contribution in [0.15, 0.2) is 52.0 Å². The number of rotatable bonds is 8. The molecule has 1 saturated carbocycles. The van der Waals surface area contributed by atoms with Gasteiger partial charge in [-0.15, -0.1) is 0 Å². The maximum atomic E-state index is 11.8. The number of hydrogen-bond donors (Lipinski definition) is 2. The van der Waals surface area contributed by atoms with Crippen LogP contribution in [0.2, 0.25) is 5.02 Å². The molecule has 1 unspecified atom stereocenters. The van der Waals surface area contributed by atoms with E-state index in [1.165, 1.54) is 12.8 Å². The van der Waals surface area contributed by atoms with Gasteiger partial charge in [0.2, 0.25) is 11.6 Å². The molecule has 2 N–H and O–H groups in total. The first-order valence-corrected chi connectivity index (χ1v) is 14.5. The summed E-state index contributed by atoms with van der Waals surface area (Å²) in [6.07, 6.45) is 7.55. The van der Waals surface area contributed by atoms with Gasteiger partial charge in [-0.3, -0.25) is 14.5 Å². The summed E-state index contributed by atoms with van der Waals surface area (Å²) < 4.78 is 16.9. The zero-order valence-electron chi connectivity index (χ0n) is 24.1. The number of nitrogens with zero attached hydrogens (tertiary/aromatic N) is 5. The molecule has 6 rings (SSSR count). The van der Waals surface area contributed by atoms with Crippen LogP contribution in [-0.2, 0) is 10.3 Å². The van der Waals surface area contributed by atoms with E-state index in [-0.39, 0.29) is 17.8 Å². The predicted molar refractivity (Wildman–Crippen MR) is 160 cm³/mol. The van der Waals surface area contributed by atoms with Gasteiger partial charge in [-0.25, -0.2) is 14.8 Å². The van der Waals surface area contributed by atoms with Crippen molar-refractivity contribution in [3.8, 4) is 28.7 Å². The normalized spacial score (nSPS) is 21.5. The van der Waals surface area contributed by atoms with Crippen molar-refractivity contribution in [3.05, 3.63) is 63.9 Å². The molecule has 42 heavy (non-hydrogen) atoms. The number of H-pyrrole nitrogens is 1. The fraction of sp³-hybridized carbons (Fsp3) is 0.433. The van der Waals surface area contributed by atoms with Crippen LogP contribution in [0.1, 0.15) is 45.1 Å². The lowest BCUT2D eigenvalue weighted by atomic mass is 9.82. The Balaban J connectivity index is 1.55. The number of ether oxygens (including phenoxy) is 2. The average molecular weight is 592 g/mol. The second-order valence-electron chi connectivity index (χ2n) is 11.3. The quantitative estimate of drug-likeness (QED) is 0.271. The van der Waals surface area contributed by atoms with E-state index in [0.717, 1.165) is 42.3 Å². The predicted octanol–water partition coefficient (Wildman–Crippen LogP) is 5.49. The number of halogens is 1. The molecule has 12 heteroatoms. The van der Waals surface area contributed by atoms with Gasteiger partial charge in [0, 0.05) is 37.2 Å². The molecule has 1 fully saturated rings. The molecule has 4 heterocycles. The molecule has 0 saturated heterocycles. The highest BCUT2D eigenvalue weighted by Gasteiger charge is 2.48. The Morgan fingerprint density at radius 3 is 2.62 bits per heavy atom. The van der Waals surface area contributed by atoms with Gasteiger partial charge in [-0.2, -0.15) is 0 Å². The number of aromatic amines is 1. The number of benzene rings is 1. The summed E-state index contributed by atoms with van der Waals surface area (Å²) in [4.78, 5) is 30.8. The Morgan fingerprint density at radius 2 is 1.93 bits per heavy atom. The van der Waals surface area contributed by atoms with Crippen LogP contribution < -0.4 is 20.7 Å². The van der Waals surface area contributed by atoms with Gasteiger partial charge in [0.15, 0.2) is 5.82 Å². The van der Waals surface area contributed by atoms with Gasteiger partial charge in [0.25, 0.3) is 0 Å². The van der Waals surface area contributed by atoms with Crippen LogP contribution >= 0.6 is 11.6 Å². The standard InChI is InChI=1S/C30H34ClN7O4/c1-17-9-11-18(12-10-17)16-38-24-23(19-13-20(31)15-32-14-19)33-26(27-36-29(39)42-37-27)34-25(24)35-28(38)30(2,41-4)21-7-5-6-8-22(21)40-3/h5-8,13-15,17-18,28H,9-12,16H2,1-4H3,(H,33,34,35)(H,36,37,39)/t17?,18?,28-,30?/m1/s1. The van der Waals surface area contributed by atoms with Crippen molar-refractivity contribution >= 4 is 23.1 Å². The van der Waals surface area contributed by atoms with E-state index in [4.69, 9.17) is 35.6 Å². The average Bonchev–Trinajstić information content (AvgIpc) is 3.61. The van der Waals surface area contributed by atoms with Gasteiger partial charge in [0.1, 0.15) is 28.9 Å². The van der Waals surface area contributed by atoms with Crippen molar-refractivity contribution in [2.24, 2.45) is 11.8 Å². The smallest absolute Gasteiger partial charge is 0.439 e. The van der Waals surface area contributed by atoms with Crippen LogP contribution in [0, 0.1) is 11.8 Å². The zero-order chi connectivity index (χ0) is 29.4. The second kappa shape index (κ2) is 11.4. The summed E-state index contributed by atoms with van der Waals surface area (Å²) in [5.41, 5.74) is 2.13. The van der Waals surface area contributed by atoms with Gasteiger partial charge in [0.05, 0.1) is 12.1 Å². The molecule has 11 nitrogen and oxygen atoms in total. The molecule has 220 valence electrons. The number of hydrogen-bond acceptors (Lipinski definition) is 10. The maximum Gasteiger partial charge on any atom is 0.439 e. The highest BCUT2D eigenvalue weighted by Crippen LogP contribution is 2.49. The minimum absolute atomic E-state index is 0.122. The monoisotopic (exact) mass is 591 g/mol. The molecule has 4 aromatic rings. The number of anilines is 2. The third-order valence-electron chi connectivity index (χ3n) is 8.56. The van der Waals surface area contributed by atoms with Crippen molar-refractivity contribution in [3.63, 3.8) is 0 Å². The lowest BCUT2D eigenvalue weighted by Crippen LogP contribution is -2.53. The molecule has 1 aliphatic carbocycles. The number of aromatic nitrogens is 5. The summed E-state index contributed by atoms with van der Waals surface area (Å²) >= 11 is 6.40. The molecule has 3 aromatic heterocycles. The van der Waals surface area contributed by atoms with Crippen LogP contribution in [0.5, 0.6) is 5.75 Å². The van der Waals surface area contributed by atoms with Crippen LogP contribution in [-0.4, -0.2) is 52.0 Å². The van der Waals surface area contributed by atoms with Gasteiger partial charge < -0.3 is 19.7 Å². The first kappa shape index (κ1) is 28.2. The van der Waals surface area contributed by atoms with Crippen molar-refractivity contribution in [1.82, 2.24) is 25.1 Å². The van der Waals surface area contributed by atoms with E-state index in [1.807, 2.05) is 30.3 Å². The molecular formula is C30H34ClN7O4. The second-order valence-corrected chi connectivity index (χ2v) is 11.7. The summed E-state index contributed by atoms with van der Waals surface area (Å²) in [6, 6.07) is 9.69. The van der Waals surface area contributed by atoms with E-state index >= 15 is 0 Å². The fourth-order valence-electron chi connectivity index (χ4n) is 6.18. The molecule has 0 bridgehead atoms. The van der Waals surface area contributed by atoms with Gasteiger partial charge >= 0.3 is 5.76 Å². The minimum Gasteiger partial charge on any atom is -0.496 e. The Hall–Kier alpha value is -3.96. The van der Waals surface area contributed by atoms with E-state index in [1.54, 1.807) is 26.6 Å². The topological polar surface area (TPSA) is 131 Å². The lowest BCUT2D eigenvalue weighted by molar-refractivity contribution is -0.0166. The van der Waals surface area contributed by atoms with E-state index in [9.17, 15) is 4.79 Å². The molecule has 0 radical (unpaired) electrons. The summed E-state index contributed by atoms with van der Waals surface area (Å²) in [5, 5.41) is 7.98. The third kappa shape index (κ3) is 5.11. The van der Waals surface area contributed by atoms with Gasteiger partial charge in [-0.1, -0.05) is 54.7 Å². The molecule has 2 atom stereocenters. The summed E-state index contributed by atoms with van der Waals surface area (Å²) in [7, 11) is 3.37. The zero-order valence-corrected chi connectivity index (χ0v) is 24.8. The number of fused-ring (bicyclic) bond motifs is 1. The lowest BCUT2D eigenvalue weighted by Gasteiger charge is -2.42. The number of nitrogens with one attached hydrogen (secondary N) is 2. The Bertz CT molecular complexity index is 1630. The Kier molecular flexibility index (Phi) is 7.63. The van der Waals surface area contributed by atoms with Crippen LogP contribution in [0.4, 0.5) is 11.5 Å². The van der Waals surface area contributed by atoms with E-state index in [0.29, 0.717) is 28.0 Å². The highest BCUT2D eigenvalue weighted by atomic mass is 35.5. The van der Waals surface area contributed by atoms with E-state index < -0.39 is 11.4 Å². The molecular weight excluding hydrogens is 558 g/mol. The molecule has 0 spiro atoms. The van der Waals surface area contributed by atoms with Crippen LogP contribution in [0.3, 0.4) is 0 Å². The first-order valence-electron chi connectivity index (χ1n) is 14.1. The fourth-order valence-corrected chi connectivity index (χ4v) is 6.36. The maximum absolute atomic E-state index is 11.8. The molecule has 0 amide bonds. The van der Waals surface area contributed by atoms with E-state index in [2.05, 4.69) is 39.2 Å². The van der Waals surface area contributed by atoms with Gasteiger partial charge in [-0.05, 0) is 43.7 Å². The SMILES string of the molecule is COc1ccccc1C(C)(OC)[C@@H]1Nc2nc(-c3noc(=O)[nH]3)nc(-c3cncc(Cl)c3)c2N1CC1CCC(C)CC1. The van der Waals surface area contributed by atoms with Crippen molar-refractivity contribution in [1.29, 1.82) is 0 Å². The summed E-state index contributed by atoms with van der Waals surface area (Å²) in [6.45, 7) is 5.13. The first-order chi connectivity index (χ1) is 20.3. The molecule has 2 aliphatic rings. The molecule has 1 aromatic carbocycles. The van der Waals surface area contributed by atoms with Crippen molar-refractivity contribution in [2.45, 2.75) is 51.3 Å². The summed E-state index contributed by atoms with van der Waals surface area (Å²) in [5.74, 6) is 2.11. The Labute approximate surface area is 248 Å². The molecule has 1 aliphatic heterocycles. The highest BCUT2D eigenvalue weighted by molar-refractivity contribution is 6.30. The minimum atomic E-state index is -0.874. The number of pyridine rings is 1. The number of para-hydroxylation sites is 1. The number of methoxy groups -OCH3 is 2. The van der Waals surface area contributed by atoms with Crippen LogP contribution in [0.25, 0.3) is 22.9 Å².